The zero-order chi connectivity index (χ0) is 21.6. The number of halogens is 3. The van der Waals surface area contributed by atoms with Gasteiger partial charge in [0, 0.05) is 50.9 Å². The summed E-state index contributed by atoms with van der Waals surface area (Å²) in [5, 5.41) is 2.45. The SMILES string of the molecule is O=C(CCCC(=O)N1CCN(c2ccccn2)CC1)Nc1cccc(C(F)(F)F)c1. The Kier molecular flexibility index (Phi) is 6.91. The minimum atomic E-state index is -4.46. The molecule has 2 aromatic rings. The molecule has 1 aliphatic rings. The molecule has 2 heterocycles. The normalized spacial score (nSPS) is 14.5. The molecule has 2 amide bonds. The molecule has 0 radical (unpaired) electrons. The summed E-state index contributed by atoms with van der Waals surface area (Å²) in [6.07, 6.45) is -2.11. The van der Waals surface area contributed by atoms with Crippen LogP contribution in [-0.2, 0) is 15.8 Å². The van der Waals surface area contributed by atoms with Crippen LogP contribution in [0.2, 0.25) is 0 Å². The molecule has 9 heteroatoms. The number of carbonyl (C=O) groups excluding carboxylic acids is 2. The molecule has 0 bridgehead atoms. The van der Waals surface area contributed by atoms with Gasteiger partial charge in [0.15, 0.2) is 0 Å². The number of pyridine rings is 1. The molecule has 1 aromatic carbocycles. The second kappa shape index (κ2) is 9.60. The summed E-state index contributed by atoms with van der Waals surface area (Å²) < 4.78 is 38.2. The van der Waals surface area contributed by atoms with E-state index < -0.39 is 17.6 Å². The molecule has 1 fully saturated rings. The van der Waals surface area contributed by atoms with E-state index in [2.05, 4.69) is 15.2 Å². The van der Waals surface area contributed by atoms with Gasteiger partial charge in [-0.25, -0.2) is 4.98 Å². The van der Waals surface area contributed by atoms with Crippen LogP contribution in [0.3, 0.4) is 0 Å². The Balaban J connectivity index is 1.39. The number of rotatable bonds is 6. The Morgan fingerprint density at radius 1 is 1.00 bits per heavy atom. The first-order chi connectivity index (χ1) is 14.3. The van der Waals surface area contributed by atoms with Gasteiger partial charge in [0.05, 0.1) is 5.56 Å². The maximum absolute atomic E-state index is 12.7. The highest BCUT2D eigenvalue weighted by molar-refractivity contribution is 5.91. The van der Waals surface area contributed by atoms with Crippen molar-refractivity contribution in [2.75, 3.05) is 36.4 Å². The largest absolute Gasteiger partial charge is 0.416 e. The van der Waals surface area contributed by atoms with Crippen LogP contribution in [0.25, 0.3) is 0 Å². The van der Waals surface area contributed by atoms with Crippen molar-refractivity contribution in [3.05, 3.63) is 54.2 Å². The van der Waals surface area contributed by atoms with E-state index in [0.29, 0.717) is 32.6 Å². The smallest absolute Gasteiger partial charge is 0.353 e. The quantitative estimate of drug-likeness (QED) is 0.776. The van der Waals surface area contributed by atoms with Gasteiger partial charge in [0.1, 0.15) is 5.82 Å². The lowest BCUT2D eigenvalue weighted by Gasteiger charge is -2.35. The van der Waals surface area contributed by atoms with Crippen molar-refractivity contribution >= 4 is 23.3 Å². The molecule has 1 aromatic heterocycles. The number of nitrogens with one attached hydrogen (secondary N) is 1. The zero-order valence-electron chi connectivity index (χ0n) is 16.4. The number of hydrogen-bond acceptors (Lipinski definition) is 4. The van der Waals surface area contributed by atoms with Crippen molar-refractivity contribution in [2.45, 2.75) is 25.4 Å². The van der Waals surface area contributed by atoms with Crippen LogP contribution in [0.15, 0.2) is 48.7 Å². The van der Waals surface area contributed by atoms with Crippen LogP contribution in [0.1, 0.15) is 24.8 Å². The maximum atomic E-state index is 12.7. The van der Waals surface area contributed by atoms with Crippen LogP contribution in [0.4, 0.5) is 24.7 Å². The first-order valence-electron chi connectivity index (χ1n) is 9.74. The van der Waals surface area contributed by atoms with E-state index in [4.69, 9.17) is 0 Å². The van der Waals surface area contributed by atoms with Gasteiger partial charge >= 0.3 is 6.18 Å². The zero-order valence-corrected chi connectivity index (χ0v) is 16.4. The second-order valence-corrected chi connectivity index (χ2v) is 7.04. The molecule has 0 spiro atoms. The van der Waals surface area contributed by atoms with E-state index in [-0.39, 0.29) is 24.4 Å². The standard InChI is InChI=1S/C21H23F3N4O2/c22-21(23,24)16-5-3-6-17(15-16)26-19(29)8-4-9-20(30)28-13-11-27(12-14-28)18-7-1-2-10-25-18/h1-3,5-7,10,15H,4,8-9,11-14H2,(H,26,29). The number of amides is 2. The van der Waals surface area contributed by atoms with Gasteiger partial charge in [0.25, 0.3) is 0 Å². The summed E-state index contributed by atoms with van der Waals surface area (Å²) in [6.45, 7) is 2.56. The molecular formula is C21H23F3N4O2. The average Bonchev–Trinajstić information content (AvgIpc) is 2.74. The van der Waals surface area contributed by atoms with Crippen LogP contribution >= 0.6 is 0 Å². The minimum Gasteiger partial charge on any atom is -0.353 e. The van der Waals surface area contributed by atoms with E-state index in [0.717, 1.165) is 18.0 Å². The Hall–Kier alpha value is -3.10. The van der Waals surface area contributed by atoms with Crippen LogP contribution in [0, 0.1) is 0 Å². The number of aromatic nitrogens is 1. The van der Waals surface area contributed by atoms with Crippen LogP contribution in [-0.4, -0.2) is 47.9 Å². The summed E-state index contributed by atoms with van der Waals surface area (Å²) in [4.78, 5) is 32.6. The highest BCUT2D eigenvalue weighted by Crippen LogP contribution is 2.30. The number of nitrogens with zero attached hydrogens (tertiary/aromatic N) is 3. The first kappa shape index (κ1) is 21.6. The van der Waals surface area contributed by atoms with Crippen LogP contribution < -0.4 is 10.2 Å². The van der Waals surface area contributed by atoms with Gasteiger partial charge in [0.2, 0.25) is 11.8 Å². The van der Waals surface area contributed by atoms with E-state index in [1.165, 1.54) is 12.1 Å². The van der Waals surface area contributed by atoms with Crippen molar-refractivity contribution in [1.82, 2.24) is 9.88 Å². The van der Waals surface area contributed by atoms with Crippen molar-refractivity contribution in [1.29, 1.82) is 0 Å². The molecule has 1 aliphatic heterocycles. The van der Waals surface area contributed by atoms with Crippen molar-refractivity contribution in [2.24, 2.45) is 0 Å². The van der Waals surface area contributed by atoms with Gasteiger partial charge in [-0.05, 0) is 36.8 Å². The highest BCUT2D eigenvalue weighted by Gasteiger charge is 2.30. The monoisotopic (exact) mass is 420 g/mol. The fourth-order valence-corrected chi connectivity index (χ4v) is 3.28. The van der Waals surface area contributed by atoms with Gasteiger partial charge in [-0.3, -0.25) is 9.59 Å². The van der Waals surface area contributed by atoms with Gasteiger partial charge < -0.3 is 15.1 Å². The molecule has 0 saturated carbocycles. The highest BCUT2D eigenvalue weighted by atomic mass is 19.4. The number of carbonyl (C=O) groups is 2. The minimum absolute atomic E-state index is 0.0254. The predicted molar refractivity (Wildman–Crippen MR) is 107 cm³/mol. The molecule has 0 atom stereocenters. The number of anilines is 2. The van der Waals surface area contributed by atoms with E-state index in [9.17, 15) is 22.8 Å². The lowest BCUT2D eigenvalue weighted by Crippen LogP contribution is -2.49. The Morgan fingerprint density at radius 3 is 2.43 bits per heavy atom. The second-order valence-electron chi connectivity index (χ2n) is 7.04. The maximum Gasteiger partial charge on any atom is 0.416 e. The van der Waals surface area contributed by atoms with Crippen molar-refractivity contribution in [3.63, 3.8) is 0 Å². The first-order valence-corrected chi connectivity index (χ1v) is 9.74. The Morgan fingerprint density at radius 2 is 1.77 bits per heavy atom. The van der Waals surface area contributed by atoms with Crippen LogP contribution in [0.5, 0.6) is 0 Å². The molecule has 1 N–H and O–H groups in total. The molecule has 0 aliphatic carbocycles. The Labute approximate surface area is 172 Å². The van der Waals surface area contributed by atoms with Gasteiger partial charge in [-0.1, -0.05) is 12.1 Å². The van der Waals surface area contributed by atoms with E-state index in [1.807, 2.05) is 18.2 Å². The average molecular weight is 420 g/mol. The Bertz CT molecular complexity index is 866. The summed E-state index contributed by atoms with van der Waals surface area (Å²) in [7, 11) is 0. The summed E-state index contributed by atoms with van der Waals surface area (Å²) >= 11 is 0. The fourth-order valence-electron chi connectivity index (χ4n) is 3.28. The number of benzene rings is 1. The molecule has 0 unspecified atom stereocenters. The third-order valence-corrected chi connectivity index (χ3v) is 4.87. The third-order valence-electron chi connectivity index (χ3n) is 4.87. The third kappa shape index (κ3) is 5.95. The molecule has 3 rings (SSSR count). The van der Waals surface area contributed by atoms with E-state index in [1.54, 1.807) is 11.1 Å². The van der Waals surface area contributed by atoms with Crippen molar-refractivity contribution in [3.8, 4) is 0 Å². The lowest BCUT2D eigenvalue weighted by molar-refractivity contribution is -0.137. The molecule has 1 saturated heterocycles. The number of alkyl halides is 3. The molecule has 160 valence electrons. The summed E-state index contributed by atoms with van der Waals surface area (Å²) in [6, 6.07) is 10.2. The topological polar surface area (TPSA) is 65.5 Å². The van der Waals surface area contributed by atoms with Gasteiger partial charge in [-0.15, -0.1) is 0 Å². The summed E-state index contributed by atoms with van der Waals surface area (Å²) in [5.41, 5.74) is -0.730. The van der Waals surface area contributed by atoms with Gasteiger partial charge in [-0.2, -0.15) is 13.2 Å². The van der Waals surface area contributed by atoms with Crippen molar-refractivity contribution < 1.29 is 22.8 Å². The van der Waals surface area contributed by atoms with E-state index >= 15 is 0 Å². The molecule has 30 heavy (non-hydrogen) atoms. The lowest BCUT2D eigenvalue weighted by atomic mass is 10.1. The molecular weight excluding hydrogens is 397 g/mol. The number of piperazine rings is 1. The number of hydrogen-bond donors (Lipinski definition) is 1. The molecule has 6 nitrogen and oxygen atoms in total. The summed E-state index contributed by atoms with van der Waals surface area (Å²) in [5.74, 6) is 0.445. The fraction of sp³-hybridized carbons (Fsp3) is 0.381. The predicted octanol–water partition coefficient (Wildman–Crippen LogP) is 3.56.